The molecule has 2 aliphatic rings. The molecule has 13 heteroatoms. The zero-order valence-electron chi connectivity index (χ0n) is 25.1. The number of alkyl halides is 1. The quantitative estimate of drug-likeness (QED) is 0.268. The summed E-state index contributed by atoms with van der Waals surface area (Å²) in [6.07, 6.45) is 0.842. The number of likely N-dealkylation sites (tertiary alicyclic amines) is 1. The third-order valence-electron chi connectivity index (χ3n) is 7.96. The van der Waals surface area contributed by atoms with E-state index in [-0.39, 0.29) is 56.4 Å². The van der Waals surface area contributed by atoms with Gasteiger partial charge in [-0.1, -0.05) is 32.9 Å². The van der Waals surface area contributed by atoms with Crippen LogP contribution >= 0.6 is 0 Å². The third-order valence-corrected chi connectivity index (χ3v) is 7.96. The number of nitrogens with one attached hydrogen (secondary N) is 1. The number of benzene rings is 2. The van der Waals surface area contributed by atoms with Crippen molar-refractivity contribution in [3.63, 3.8) is 0 Å². The molecule has 9 nitrogen and oxygen atoms in total. The van der Waals surface area contributed by atoms with E-state index in [2.05, 4.69) is 15.4 Å². The lowest BCUT2D eigenvalue weighted by Gasteiger charge is -2.32. The summed E-state index contributed by atoms with van der Waals surface area (Å²) in [5.74, 6) is -3.42. The van der Waals surface area contributed by atoms with Crippen LogP contribution in [0.4, 0.5) is 17.6 Å². The Bertz CT molecular complexity index is 1620. The van der Waals surface area contributed by atoms with Crippen molar-refractivity contribution in [2.45, 2.75) is 46.0 Å². The zero-order chi connectivity index (χ0) is 32.5. The highest BCUT2D eigenvalue weighted by Gasteiger charge is 2.38. The van der Waals surface area contributed by atoms with Crippen LogP contribution in [0.1, 0.15) is 44.6 Å². The summed E-state index contributed by atoms with van der Waals surface area (Å²) in [5.41, 5.74) is -0.0986. The second kappa shape index (κ2) is 12.9. The van der Waals surface area contributed by atoms with Crippen LogP contribution in [0.25, 0.3) is 11.4 Å². The zero-order valence-corrected chi connectivity index (χ0v) is 25.1. The molecule has 5 rings (SSSR count). The Balaban J connectivity index is 1.35. The van der Waals surface area contributed by atoms with Crippen LogP contribution in [0.2, 0.25) is 0 Å². The van der Waals surface area contributed by atoms with Gasteiger partial charge in [0.1, 0.15) is 29.4 Å². The van der Waals surface area contributed by atoms with Crippen LogP contribution in [0.3, 0.4) is 0 Å². The number of hydrogen-bond donors (Lipinski definition) is 1. The number of amides is 3. The fraction of sp³-hybridized carbons (Fsp3) is 0.406. The van der Waals surface area contributed by atoms with E-state index >= 15 is 4.39 Å². The molecular formula is C32H34F4N6O3. The summed E-state index contributed by atoms with van der Waals surface area (Å²) in [7, 11) is 0. The molecular weight excluding hydrogens is 592 g/mol. The fourth-order valence-corrected chi connectivity index (χ4v) is 5.57. The topological polar surface area (TPSA) is 100 Å². The predicted molar refractivity (Wildman–Crippen MR) is 157 cm³/mol. The third kappa shape index (κ3) is 7.30. The first-order valence-corrected chi connectivity index (χ1v) is 14.6. The minimum atomic E-state index is -1.33. The number of carbonyl (C=O) groups excluding carboxylic acids is 3. The average molecular weight is 627 g/mol. The van der Waals surface area contributed by atoms with E-state index in [0.29, 0.717) is 11.4 Å². The number of carbonyl (C=O) groups is 3. The van der Waals surface area contributed by atoms with Crippen molar-refractivity contribution in [2.75, 3.05) is 26.2 Å². The molecule has 2 aromatic carbocycles. The van der Waals surface area contributed by atoms with Crippen LogP contribution in [0, 0.1) is 28.8 Å². The molecule has 3 heterocycles. The highest BCUT2D eigenvalue weighted by Crippen LogP contribution is 2.34. The van der Waals surface area contributed by atoms with Gasteiger partial charge in [0, 0.05) is 44.1 Å². The van der Waals surface area contributed by atoms with Gasteiger partial charge in [-0.3, -0.25) is 19.3 Å². The summed E-state index contributed by atoms with van der Waals surface area (Å²) in [6.45, 7) is 5.95. The van der Waals surface area contributed by atoms with Crippen molar-refractivity contribution in [3.05, 3.63) is 83.5 Å². The van der Waals surface area contributed by atoms with Gasteiger partial charge >= 0.3 is 0 Å². The maximum Gasteiger partial charge on any atom is 0.253 e. The number of hydrogen-bond acceptors (Lipinski definition) is 6. The first-order chi connectivity index (χ1) is 21.3. The molecule has 0 saturated carbocycles. The SMILES string of the molecule is CC(C)(C)[C@@H](NC[C@@H]1CN(C(=O)CCN2C(=O)C=CC2=O)C[C@@H]1F)c1nc(-c2cc(F)ccc2F)nn1Cc1cccc(F)c1. The lowest BCUT2D eigenvalue weighted by Crippen LogP contribution is -2.39. The van der Waals surface area contributed by atoms with E-state index < -0.39 is 52.8 Å². The van der Waals surface area contributed by atoms with Gasteiger partial charge in [-0.25, -0.2) is 27.2 Å². The second-order valence-electron chi connectivity index (χ2n) is 12.4. The van der Waals surface area contributed by atoms with E-state index in [1.165, 1.54) is 21.7 Å². The Morgan fingerprint density at radius 1 is 1.02 bits per heavy atom. The molecule has 45 heavy (non-hydrogen) atoms. The minimum absolute atomic E-state index is 0.0550. The molecule has 2 aliphatic heterocycles. The Kier molecular flexibility index (Phi) is 9.19. The molecule has 1 aromatic heterocycles. The van der Waals surface area contributed by atoms with Gasteiger partial charge < -0.3 is 10.2 Å². The smallest absolute Gasteiger partial charge is 0.253 e. The monoisotopic (exact) mass is 626 g/mol. The normalized spacial score (nSPS) is 19.2. The maximum absolute atomic E-state index is 15.2. The van der Waals surface area contributed by atoms with Crippen molar-refractivity contribution in [1.82, 2.24) is 29.9 Å². The van der Waals surface area contributed by atoms with Gasteiger partial charge in [0.25, 0.3) is 11.8 Å². The molecule has 3 atom stereocenters. The number of aromatic nitrogens is 3. The first-order valence-electron chi connectivity index (χ1n) is 14.6. The Labute approximate surface area is 257 Å². The summed E-state index contributed by atoms with van der Waals surface area (Å²) in [5, 5.41) is 7.86. The van der Waals surface area contributed by atoms with E-state index in [1.807, 2.05) is 20.8 Å². The lowest BCUT2D eigenvalue weighted by molar-refractivity contribution is -0.138. The molecule has 0 aliphatic carbocycles. The van der Waals surface area contributed by atoms with Crippen molar-refractivity contribution in [1.29, 1.82) is 0 Å². The molecule has 3 aromatic rings. The van der Waals surface area contributed by atoms with E-state index in [1.54, 1.807) is 12.1 Å². The number of imide groups is 1. The highest BCUT2D eigenvalue weighted by molar-refractivity contribution is 6.13. The average Bonchev–Trinajstić information content (AvgIpc) is 3.65. The molecule has 0 unspecified atom stereocenters. The van der Waals surface area contributed by atoms with Gasteiger partial charge in [0.15, 0.2) is 5.82 Å². The molecule has 3 amide bonds. The van der Waals surface area contributed by atoms with Crippen molar-refractivity contribution in [2.24, 2.45) is 11.3 Å². The fourth-order valence-electron chi connectivity index (χ4n) is 5.57. The number of nitrogens with zero attached hydrogens (tertiary/aromatic N) is 5. The molecule has 1 saturated heterocycles. The van der Waals surface area contributed by atoms with Crippen LogP contribution in [-0.2, 0) is 20.9 Å². The molecule has 0 spiro atoms. The predicted octanol–water partition coefficient (Wildman–Crippen LogP) is 4.20. The first kappa shape index (κ1) is 32.0. The molecule has 0 bridgehead atoms. The largest absolute Gasteiger partial charge is 0.339 e. The van der Waals surface area contributed by atoms with E-state index in [0.717, 1.165) is 35.3 Å². The molecule has 238 valence electrons. The number of halogens is 4. The van der Waals surface area contributed by atoms with E-state index in [4.69, 9.17) is 0 Å². The lowest BCUT2D eigenvalue weighted by atomic mass is 9.85. The standard InChI is InChI=1S/C32H34F4N6O3/c1-32(2,3)29(37-15-20-17-40(18-25(20)36)26(43)11-12-41-27(44)9-10-28(41)45)31-38-30(23-14-22(34)7-8-24(23)35)39-42(31)16-19-5-4-6-21(33)13-19/h4-10,13-14,20,25,29,37H,11-12,15-18H2,1-3H3/t20-,25+,29+/m1/s1. The van der Waals surface area contributed by atoms with Gasteiger partial charge in [-0.05, 0) is 41.3 Å². The molecule has 1 N–H and O–H groups in total. The summed E-state index contributed by atoms with van der Waals surface area (Å²) < 4.78 is 59.6. The molecule has 0 radical (unpaired) electrons. The highest BCUT2D eigenvalue weighted by atomic mass is 19.1. The Morgan fingerprint density at radius 2 is 1.73 bits per heavy atom. The van der Waals surface area contributed by atoms with Gasteiger partial charge in [0.05, 0.1) is 24.7 Å². The van der Waals surface area contributed by atoms with Gasteiger partial charge in [0.2, 0.25) is 5.91 Å². The second-order valence-corrected chi connectivity index (χ2v) is 12.4. The molecule has 1 fully saturated rings. The van der Waals surface area contributed by atoms with Crippen molar-refractivity contribution < 1.29 is 31.9 Å². The summed E-state index contributed by atoms with van der Waals surface area (Å²) in [4.78, 5) is 43.4. The van der Waals surface area contributed by atoms with Crippen LogP contribution in [-0.4, -0.2) is 74.6 Å². The van der Waals surface area contributed by atoms with E-state index in [9.17, 15) is 27.6 Å². The number of rotatable bonds is 10. The Hall–Kier alpha value is -4.39. The van der Waals surface area contributed by atoms with Gasteiger partial charge in [-0.15, -0.1) is 0 Å². The Morgan fingerprint density at radius 3 is 2.42 bits per heavy atom. The maximum atomic E-state index is 15.2. The van der Waals surface area contributed by atoms with Crippen LogP contribution in [0.5, 0.6) is 0 Å². The van der Waals surface area contributed by atoms with Crippen molar-refractivity contribution >= 4 is 17.7 Å². The summed E-state index contributed by atoms with van der Waals surface area (Å²) in [6, 6.07) is 8.34. The van der Waals surface area contributed by atoms with Gasteiger partial charge in [-0.2, -0.15) is 5.10 Å². The van der Waals surface area contributed by atoms with Crippen LogP contribution in [0.15, 0.2) is 54.6 Å². The summed E-state index contributed by atoms with van der Waals surface area (Å²) >= 11 is 0. The van der Waals surface area contributed by atoms with Crippen LogP contribution < -0.4 is 5.32 Å². The van der Waals surface area contributed by atoms with Crippen molar-refractivity contribution in [3.8, 4) is 11.4 Å². The minimum Gasteiger partial charge on any atom is -0.339 e.